The molecule has 122 valence electrons. The van der Waals surface area contributed by atoms with Crippen LogP contribution in [0, 0.1) is 5.92 Å². The lowest BCUT2D eigenvalue weighted by molar-refractivity contribution is -0.126. The number of nitrogens with one attached hydrogen (secondary N) is 1. The van der Waals surface area contributed by atoms with Crippen molar-refractivity contribution in [3.05, 3.63) is 48.5 Å². The summed E-state index contributed by atoms with van der Waals surface area (Å²) < 4.78 is 1.64. The molecule has 3 N–H and O–H groups in total. The fourth-order valence-electron chi connectivity index (χ4n) is 2.44. The largest absolute Gasteiger partial charge is 0.368 e. The molecule has 2 aromatic rings. The minimum absolute atomic E-state index is 0.0437. The molecule has 7 heteroatoms. The average molecular weight is 324 g/mol. The maximum Gasteiger partial charge on any atom is 0.245 e. The SMILES string of the molecule is NC(=O)[C@@H](NC(=O)C1CC1)C(=C=O)c1cncn1-c1ccccc1. The van der Waals surface area contributed by atoms with Crippen LogP contribution < -0.4 is 11.1 Å². The molecule has 7 nitrogen and oxygen atoms in total. The molecule has 1 aromatic carbocycles. The topological polar surface area (TPSA) is 107 Å². The quantitative estimate of drug-likeness (QED) is 0.753. The molecule has 1 aliphatic carbocycles. The normalized spacial score (nSPS) is 14.5. The molecule has 0 saturated heterocycles. The molecule has 3 rings (SSSR count). The molecule has 1 aromatic heterocycles. The van der Waals surface area contributed by atoms with Crippen LogP contribution in [0.4, 0.5) is 0 Å². The Labute approximate surface area is 138 Å². The summed E-state index contributed by atoms with van der Waals surface area (Å²) in [4.78, 5) is 39.4. The zero-order valence-electron chi connectivity index (χ0n) is 12.8. The number of nitrogens with two attached hydrogens (primary N) is 1. The van der Waals surface area contributed by atoms with Crippen LogP contribution in [-0.2, 0) is 14.4 Å². The number of carbonyl (C=O) groups excluding carboxylic acids is 3. The molecule has 2 amide bonds. The first-order valence-corrected chi connectivity index (χ1v) is 7.54. The van der Waals surface area contributed by atoms with Gasteiger partial charge in [0.25, 0.3) is 0 Å². The zero-order valence-corrected chi connectivity index (χ0v) is 12.8. The number of imidazole rings is 1. The number of para-hydroxylation sites is 1. The maximum atomic E-state index is 12.0. The second-order valence-electron chi connectivity index (χ2n) is 5.62. The fourth-order valence-corrected chi connectivity index (χ4v) is 2.44. The predicted octanol–water partition coefficient (Wildman–Crippen LogP) is 0.467. The van der Waals surface area contributed by atoms with E-state index in [1.165, 1.54) is 12.5 Å². The number of carbonyl (C=O) groups is 2. The van der Waals surface area contributed by atoms with Gasteiger partial charge in [0, 0.05) is 11.6 Å². The van der Waals surface area contributed by atoms with Crippen LogP contribution in [0.15, 0.2) is 42.9 Å². The van der Waals surface area contributed by atoms with Crippen molar-refractivity contribution >= 4 is 23.3 Å². The van der Waals surface area contributed by atoms with Gasteiger partial charge in [0.05, 0.1) is 23.8 Å². The minimum atomic E-state index is -1.24. The Bertz CT molecular complexity index is 817. The summed E-state index contributed by atoms with van der Waals surface area (Å²) in [5.41, 5.74) is 6.47. The van der Waals surface area contributed by atoms with Crippen LogP contribution in [-0.4, -0.2) is 33.3 Å². The third kappa shape index (κ3) is 3.11. The van der Waals surface area contributed by atoms with E-state index in [1.54, 1.807) is 10.5 Å². The van der Waals surface area contributed by atoms with Gasteiger partial charge < -0.3 is 11.1 Å². The molecular weight excluding hydrogens is 308 g/mol. The Kier molecular flexibility index (Phi) is 4.26. The van der Waals surface area contributed by atoms with Gasteiger partial charge in [-0.3, -0.25) is 14.2 Å². The Morgan fingerprint density at radius 3 is 2.58 bits per heavy atom. The predicted molar refractivity (Wildman–Crippen MR) is 86.5 cm³/mol. The molecule has 0 unspecified atom stereocenters. The highest BCUT2D eigenvalue weighted by Gasteiger charge is 2.34. The Hall–Kier alpha value is -3.18. The van der Waals surface area contributed by atoms with E-state index in [4.69, 9.17) is 5.73 Å². The second-order valence-corrected chi connectivity index (χ2v) is 5.62. The molecule has 0 radical (unpaired) electrons. The average Bonchev–Trinajstić information content (AvgIpc) is 3.33. The van der Waals surface area contributed by atoms with E-state index in [0.29, 0.717) is 5.69 Å². The monoisotopic (exact) mass is 324 g/mol. The fraction of sp³-hybridized carbons (Fsp3) is 0.235. The van der Waals surface area contributed by atoms with E-state index >= 15 is 0 Å². The van der Waals surface area contributed by atoms with Gasteiger partial charge in [-0.15, -0.1) is 0 Å². The number of primary amides is 1. The maximum absolute atomic E-state index is 12.0. The first kappa shape index (κ1) is 15.7. The second kappa shape index (κ2) is 6.52. The number of hydrogen-bond acceptors (Lipinski definition) is 4. The van der Waals surface area contributed by atoms with Crippen molar-refractivity contribution in [3.63, 3.8) is 0 Å². The standard InChI is InChI=1S/C17H16N4O3/c18-16(23)15(20-17(24)11-6-7-11)13(9-22)14-8-19-10-21(14)12-4-2-1-3-5-12/h1-5,8,10-11,15H,6-7H2,(H2,18,23)(H,20,24)/t15-/m0/s1. The highest BCUT2D eigenvalue weighted by molar-refractivity contribution is 6.05. The zero-order chi connectivity index (χ0) is 17.1. The molecule has 1 atom stereocenters. The van der Waals surface area contributed by atoms with Crippen molar-refractivity contribution in [2.24, 2.45) is 11.7 Å². The van der Waals surface area contributed by atoms with Crippen LogP contribution in [0.1, 0.15) is 18.5 Å². The van der Waals surface area contributed by atoms with Gasteiger partial charge >= 0.3 is 0 Å². The molecule has 0 aliphatic heterocycles. The lowest BCUT2D eigenvalue weighted by Crippen LogP contribution is -2.46. The Morgan fingerprint density at radius 2 is 2.00 bits per heavy atom. The lowest BCUT2D eigenvalue weighted by Gasteiger charge is -2.17. The van der Waals surface area contributed by atoms with Crippen molar-refractivity contribution in [3.8, 4) is 5.69 Å². The van der Waals surface area contributed by atoms with Crippen LogP contribution in [0.5, 0.6) is 0 Å². The number of benzene rings is 1. The third-order valence-corrected chi connectivity index (χ3v) is 3.87. The van der Waals surface area contributed by atoms with Gasteiger partial charge in [0.15, 0.2) is 0 Å². The Balaban J connectivity index is 1.96. The van der Waals surface area contributed by atoms with Gasteiger partial charge in [-0.2, -0.15) is 0 Å². The summed E-state index contributed by atoms with van der Waals surface area (Å²) in [5.74, 6) is 0.542. The summed E-state index contributed by atoms with van der Waals surface area (Å²) in [6.45, 7) is 0. The van der Waals surface area contributed by atoms with Gasteiger partial charge in [-0.1, -0.05) is 18.2 Å². The molecule has 0 bridgehead atoms. The molecule has 1 aliphatic rings. The summed E-state index contributed by atoms with van der Waals surface area (Å²) >= 11 is 0. The van der Waals surface area contributed by atoms with Crippen LogP contribution in [0.25, 0.3) is 11.3 Å². The number of nitrogens with zero attached hydrogens (tertiary/aromatic N) is 2. The number of hydrogen-bond donors (Lipinski definition) is 2. The molecule has 1 saturated carbocycles. The van der Waals surface area contributed by atoms with Gasteiger partial charge in [-0.25, -0.2) is 9.78 Å². The molecule has 1 fully saturated rings. The summed E-state index contributed by atoms with van der Waals surface area (Å²) in [6, 6.07) is 7.95. The lowest BCUT2D eigenvalue weighted by atomic mass is 10.0. The van der Waals surface area contributed by atoms with Crippen LogP contribution in [0.3, 0.4) is 0 Å². The third-order valence-electron chi connectivity index (χ3n) is 3.87. The molecular formula is C17H16N4O3. The highest BCUT2D eigenvalue weighted by Crippen LogP contribution is 2.29. The van der Waals surface area contributed by atoms with Crippen LogP contribution >= 0.6 is 0 Å². The highest BCUT2D eigenvalue weighted by atomic mass is 16.2. The van der Waals surface area contributed by atoms with Gasteiger partial charge in [0.2, 0.25) is 11.8 Å². The van der Waals surface area contributed by atoms with Crippen molar-refractivity contribution in [1.82, 2.24) is 14.9 Å². The van der Waals surface area contributed by atoms with Gasteiger partial charge in [0.1, 0.15) is 12.0 Å². The van der Waals surface area contributed by atoms with E-state index < -0.39 is 11.9 Å². The molecule has 1 heterocycles. The first-order valence-electron chi connectivity index (χ1n) is 7.54. The van der Waals surface area contributed by atoms with Crippen molar-refractivity contribution in [2.45, 2.75) is 18.9 Å². The van der Waals surface area contributed by atoms with E-state index in [2.05, 4.69) is 10.3 Å². The van der Waals surface area contributed by atoms with E-state index in [0.717, 1.165) is 18.5 Å². The molecule has 0 spiro atoms. The minimum Gasteiger partial charge on any atom is -0.368 e. The van der Waals surface area contributed by atoms with E-state index in [1.807, 2.05) is 30.3 Å². The van der Waals surface area contributed by atoms with Gasteiger partial charge in [-0.05, 0) is 25.0 Å². The number of aromatic nitrogens is 2. The smallest absolute Gasteiger partial charge is 0.245 e. The number of amides is 2. The summed E-state index contributed by atoms with van der Waals surface area (Å²) in [5, 5.41) is 2.54. The first-order chi connectivity index (χ1) is 11.6. The molecule has 24 heavy (non-hydrogen) atoms. The summed E-state index contributed by atoms with van der Waals surface area (Å²) in [6.07, 6.45) is 4.51. The Morgan fingerprint density at radius 1 is 1.29 bits per heavy atom. The number of rotatable bonds is 6. The van der Waals surface area contributed by atoms with E-state index in [9.17, 15) is 14.4 Å². The van der Waals surface area contributed by atoms with Crippen molar-refractivity contribution < 1.29 is 14.4 Å². The summed E-state index contributed by atoms with van der Waals surface area (Å²) in [7, 11) is 0. The van der Waals surface area contributed by atoms with Crippen LogP contribution in [0.2, 0.25) is 0 Å². The van der Waals surface area contributed by atoms with Crippen molar-refractivity contribution in [2.75, 3.05) is 0 Å². The van der Waals surface area contributed by atoms with Crippen molar-refractivity contribution in [1.29, 1.82) is 0 Å². The van der Waals surface area contributed by atoms with E-state index in [-0.39, 0.29) is 17.4 Å².